The van der Waals surface area contributed by atoms with Crippen LogP contribution in [0.25, 0.3) is 0 Å². The van der Waals surface area contributed by atoms with Crippen LogP contribution < -0.4 is 10.1 Å². The highest BCUT2D eigenvalue weighted by Crippen LogP contribution is 2.25. The highest BCUT2D eigenvalue weighted by Gasteiger charge is 2.12. The smallest absolute Gasteiger partial charge is 0.267 e. The Hall–Kier alpha value is -1.40. The Balaban J connectivity index is 2.18. The number of nitrogens with one attached hydrogen (secondary N) is 1. The molecule has 0 aromatic carbocycles. The molecule has 0 radical (unpaired) electrons. The summed E-state index contributed by atoms with van der Waals surface area (Å²) in [5.41, 5.74) is 0. The van der Waals surface area contributed by atoms with Crippen molar-refractivity contribution in [3.63, 3.8) is 0 Å². The van der Waals surface area contributed by atoms with Crippen molar-refractivity contribution in [1.29, 1.82) is 0 Å². The van der Waals surface area contributed by atoms with Crippen LogP contribution in [-0.2, 0) is 0 Å². The van der Waals surface area contributed by atoms with Crippen LogP contribution in [0.1, 0.15) is 9.67 Å². The molecule has 0 aliphatic heterocycles. The van der Waals surface area contributed by atoms with Crippen LogP contribution in [-0.4, -0.2) is 18.0 Å². The standard InChI is InChI=1S/C11H9BrN2O2S/c1-16-7-3-2-6-13-10(7)14-11(15)8-4-5-9(12)17-8/h2-6H,1H3,(H,13,14,15). The second kappa shape index (κ2) is 5.29. The number of pyridine rings is 1. The summed E-state index contributed by atoms with van der Waals surface area (Å²) in [4.78, 5) is 16.6. The maximum absolute atomic E-state index is 11.9. The fourth-order valence-corrected chi connectivity index (χ4v) is 2.54. The lowest BCUT2D eigenvalue weighted by Gasteiger charge is -2.07. The second-order valence-corrected chi connectivity index (χ2v) is 5.58. The maximum Gasteiger partial charge on any atom is 0.267 e. The summed E-state index contributed by atoms with van der Waals surface area (Å²) in [6.45, 7) is 0. The van der Waals surface area contributed by atoms with Gasteiger partial charge in [-0.3, -0.25) is 4.79 Å². The summed E-state index contributed by atoms with van der Waals surface area (Å²) < 4.78 is 6.02. The molecule has 0 bridgehead atoms. The van der Waals surface area contributed by atoms with E-state index in [1.807, 2.05) is 6.07 Å². The number of amides is 1. The van der Waals surface area contributed by atoms with E-state index in [-0.39, 0.29) is 5.91 Å². The van der Waals surface area contributed by atoms with Gasteiger partial charge in [-0.2, -0.15) is 0 Å². The minimum absolute atomic E-state index is 0.197. The van der Waals surface area contributed by atoms with Crippen molar-refractivity contribution in [1.82, 2.24) is 4.98 Å². The maximum atomic E-state index is 11.9. The van der Waals surface area contributed by atoms with Crippen LogP contribution in [0.3, 0.4) is 0 Å². The molecule has 1 amide bonds. The number of hydrogen-bond donors (Lipinski definition) is 1. The molecule has 2 aromatic rings. The molecule has 0 fully saturated rings. The van der Waals surface area contributed by atoms with Gasteiger partial charge in [0, 0.05) is 6.20 Å². The van der Waals surface area contributed by atoms with Crippen LogP contribution in [0, 0.1) is 0 Å². The lowest BCUT2D eigenvalue weighted by molar-refractivity contribution is 0.102. The van der Waals surface area contributed by atoms with Crippen LogP contribution in [0.2, 0.25) is 0 Å². The van der Waals surface area contributed by atoms with E-state index in [0.717, 1.165) is 3.79 Å². The molecule has 0 aliphatic rings. The first kappa shape index (κ1) is 12.1. The van der Waals surface area contributed by atoms with Gasteiger partial charge in [0.05, 0.1) is 15.8 Å². The number of hydrogen-bond acceptors (Lipinski definition) is 4. The van der Waals surface area contributed by atoms with Gasteiger partial charge in [-0.15, -0.1) is 11.3 Å². The normalized spacial score (nSPS) is 10.0. The summed E-state index contributed by atoms with van der Waals surface area (Å²) in [7, 11) is 1.54. The van der Waals surface area contributed by atoms with Gasteiger partial charge >= 0.3 is 0 Å². The molecule has 6 heteroatoms. The first-order chi connectivity index (χ1) is 8.20. The Kier molecular flexibility index (Phi) is 3.75. The predicted molar refractivity (Wildman–Crippen MR) is 70.8 cm³/mol. The zero-order valence-corrected chi connectivity index (χ0v) is 11.3. The molecular formula is C11H9BrN2O2S. The third kappa shape index (κ3) is 2.83. The number of halogens is 1. The fourth-order valence-electron chi connectivity index (χ4n) is 1.25. The van der Waals surface area contributed by atoms with Crippen molar-refractivity contribution in [2.75, 3.05) is 12.4 Å². The highest BCUT2D eigenvalue weighted by molar-refractivity contribution is 9.11. The van der Waals surface area contributed by atoms with Crippen molar-refractivity contribution in [2.45, 2.75) is 0 Å². The number of thiophene rings is 1. The van der Waals surface area contributed by atoms with E-state index in [1.54, 1.807) is 24.4 Å². The Morgan fingerprint density at radius 3 is 2.94 bits per heavy atom. The van der Waals surface area contributed by atoms with Gasteiger partial charge in [-0.1, -0.05) is 0 Å². The molecule has 88 valence electrons. The number of rotatable bonds is 3. The zero-order valence-electron chi connectivity index (χ0n) is 8.94. The van der Waals surface area contributed by atoms with Crippen molar-refractivity contribution in [2.24, 2.45) is 0 Å². The summed E-state index contributed by atoms with van der Waals surface area (Å²) in [5.74, 6) is 0.763. The third-order valence-electron chi connectivity index (χ3n) is 2.02. The molecule has 4 nitrogen and oxygen atoms in total. The Morgan fingerprint density at radius 2 is 2.29 bits per heavy atom. The van der Waals surface area contributed by atoms with Crippen molar-refractivity contribution in [3.05, 3.63) is 39.1 Å². The summed E-state index contributed by atoms with van der Waals surface area (Å²) in [5, 5.41) is 2.71. The first-order valence-corrected chi connectivity index (χ1v) is 6.37. The van der Waals surface area contributed by atoms with Crippen molar-refractivity contribution < 1.29 is 9.53 Å². The average molecular weight is 313 g/mol. The van der Waals surface area contributed by atoms with Gasteiger partial charge in [0.25, 0.3) is 5.91 Å². The van der Waals surface area contributed by atoms with Gasteiger partial charge in [-0.05, 0) is 40.2 Å². The molecule has 0 spiro atoms. The van der Waals surface area contributed by atoms with Crippen LogP contribution in [0.15, 0.2) is 34.2 Å². The number of ether oxygens (including phenoxy) is 1. The topological polar surface area (TPSA) is 51.2 Å². The lowest BCUT2D eigenvalue weighted by atomic mass is 10.4. The third-order valence-corrected chi connectivity index (χ3v) is 3.64. The fraction of sp³-hybridized carbons (Fsp3) is 0.0909. The molecule has 2 rings (SSSR count). The van der Waals surface area contributed by atoms with Crippen LogP contribution >= 0.6 is 27.3 Å². The van der Waals surface area contributed by atoms with E-state index >= 15 is 0 Å². The van der Waals surface area contributed by atoms with E-state index in [4.69, 9.17) is 4.74 Å². The monoisotopic (exact) mass is 312 g/mol. The van der Waals surface area contributed by atoms with Gasteiger partial charge in [0.15, 0.2) is 11.6 Å². The van der Waals surface area contributed by atoms with Crippen LogP contribution in [0.4, 0.5) is 5.82 Å². The van der Waals surface area contributed by atoms with Gasteiger partial charge in [0.1, 0.15) is 0 Å². The largest absolute Gasteiger partial charge is 0.493 e. The van der Waals surface area contributed by atoms with Gasteiger partial charge < -0.3 is 10.1 Å². The average Bonchev–Trinajstić information content (AvgIpc) is 2.77. The molecule has 0 saturated heterocycles. The van der Waals surface area contributed by atoms with E-state index in [2.05, 4.69) is 26.2 Å². The zero-order chi connectivity index (χ0) is 12.3. The Morgan fingerprint density at radius 1 is 1.47 bits per heavy atom. The molecule has 2 heterocycles. The predicted octanol–water partition coefficient (Wildman–Crippen LogP) is 3.17. The Bertz CT molecular complexity index is 542. The van der Waals surface area contributed by atoms with E-state index < -0.39 is 0 Å². The second-order valence-electron chi connectivity index (χ2n) is 3.11. The number of methoxy groups -OCH3 is 1. The number of anilines is 1. The minimum atomic E-state index is -0.197. The highest BCUT2D eigenvalue weighted by atomic mass is 79.9. The molecule has 17 heavy (non-hydrogen) atoms. The SMILES string of the molecule is COc1cccnc1NC(=O)c1ccc(Br)s1. The molecule has 2 aromatic heterocycles. The molecule has 0 aliphatic carbocycles. The molecule has 0 atom stereocenters. The summed E-state index contributed by atoms with van der Waals surface area (Å²) in [6, 6.07) is 7.07. The van der Waals surface area contributed by atoms with Gasteiger partial charge in [-0.25, -0.2) is 4.98 Å². The van der Waals surface area contributed by atoms with Crippen molar-refractivity contribution >= 4 is 39.0 Å². The molecule has 0 unspecified atom stereocenters. The van der Waals surface area contributed by atoms with E-state index in [0.29, 0.717) is 16.4 Å². The first-order valence-electron chi connectivity index (χ1n) is 4.76. The lowest BCUT2D eigenvalue weighted by Crippen LogP contribution is -2.12. The van der Waals surface area contributed by atoms with Crippen LogP contribution in [0.5, 0.6) is 5.75 Å². The van der Waals surface area contributed by atoms with E-state index in [9.17, 15) is 4.79 Å². The number of nitrogens with zero attached hydrogens (tertiary/aromatic N) is 1. The minimum Gasteiger partial charge on any atom is -0.493 e. The quantitative estimate of drug-likeness (QED) is 0.947. The van der Waals surface area contributed by atoms with Crippen molar-refractivity contribution in [3.8, 4) is 5.75 Å². The van der Waals surface area contributed by atoms with Gasteiger partial charge in [0.2, 0.25) is 0 Å². The molecular weight excluding hydrogens is 304 g/mol. The Labute approximate surface area is 111 Å². The number of aromatic nitrogens is 1. The molecule has 0 saturated carbocycles. The number of carbonyl (C=O) groups is 1. The summed E-state index contributed by atoms with van der Waals surface area (Å²) in [6.07, 6.45) is 1.60. The number of carbonyl (C=O) groups excluding carboxylic acids is 1. The molecule has 1 N–H and O–H groups in total. The van der Waals surface area contributed by atoms with E-state index in [1.165, 1.54) is 18.4 Å². The summed E-state index contributed by atoms with van der Waals surface area (Å²) >= 11 is 4.68.